The molecule has 1 aromatic rings. The van der Waals surface area contributed by atoms with E-state index in [0.29, 0.717) is 5.75 Å². The third-order valence-corrected chi connectivity index (χ3v) is 2.32. The zero-order chi connectivity index (χ0) is 14.8. The number of amides is 2. The minimum Gasteiger partial charge on any atom is -0.497 e. The van der Waals surface area contributed by atoms with Crippen molar-refractivity contribution in [2.75, 3.05) is 33.4 Å². The second kappa shape index (κ2) is 8.76. The van der Waals surface area contributed by atoms with Crippen LogP contribution in [0.1, 0.15) is 0 Å². The van der Waals surface area contributed by atoms with Crippen LogP contribution in [0.15, 0.2) is 24.3 Å². The molecule has 0 fully saturated rings. The fourth-order valence-electron chi connectivity index (χ4n) is 1.34. The molecule has 0 aliphatic carbocycles. The molecule has 2 amide bonds. The summed E-state index contributed by atoms with van der Waals surface area (Å²) in [6, 6.07) is 7.01. The summed E-state index contributed by atoms with van der Waals surface area (Å²) < 4.78 is 10.4. The normalized spacial score (nSPS) is 9.70. The molecule has 110 valence electrons. The highest BCUT2D eigenvalue weighted by Gasteiger charge is 2.11. The van der Waals surface area contributed by atoms with Crippen LogP contribution < -0.4 is 20.1 Å². The van der Waals surface area contributed by atoms with Gasteiger partial charge in [0.05, 0.1) is 20.3 Å². The number of methoxy groups -OCH3 is 1. The van der Waals surface area contributed by atoms with E-state index < -0.39 is 11.8 Å². The molecule has 20 heavy (non-hydrogen) atoms. The Balaban J connectivity index is 2.20. The summed E-state index contributed by atoms with van der Waals surface area (Å²) >= 11 is 0. The van der Waals surface area contributed by atoms with E-state index in [0.717, 1.165) is 5.75 Å². The number of hydrogen-bond donors (Lipinski definition) is 3. The van der Waals surface area contributed by atoms with Gasteiger partial charge < -0.3 is 25.2 Å². The van der Waals surface area contributed by atoms with Gasteiger partial charge in [-0.05, 0) is 24.3 Å². The molecule has 0 spiro atoms. The Kier molecular flexibility index (Phi) is 6.91. The molecule has 0 saturated heterocycles. The molecule has 0 aliphatic rings. The lowest BCUT2D eigenvalue weighted by Crippen LogP contribution is -2.42. The third-order valence-electron chi connectivity index (χ3n) is 2.32. The summed E-state index contributed by atoms with van der Waals surface area (Å²) in [5, 5.41) is 13.1. The molecule has 0 aliphatic heterocycles. The van der Waals surface area contributed by atoms with Gasteiger partial charge in [-0.2, -0.15) is 0 Å². The molecule has 0 unspecified atom stereocenters. The van der Waals surface area contributed by atoms with Crippen LogP contribution in [0.3, 0.4) is 0 Å². The van der Waals surface area contributed by atoms with Crippen molar-refractivity contribution in [3.05, 3.63) is 24.3 Å². The van der Waals surface area contributed by atoms with Crippen LogP contribution in [0.25, 0.3) is 0 Å². The quantitative estimate of drug-likeness (QED) is 0.454. The Morgan fingerprint density at radius 3 is 2.15 bits per heavy atom. The number of aliphatic hydroxyl groups excluding tert-OH is 1. The Hall–Kier alpha value is -2.28. The van der Waals surface area contributed by atoms with Gasteiger partial charge in [-0.1, -0.05) is 0 Å². The third kappa shape index (κ3) is 5.57. The standard InChI is InChI=1S/C13H18N2O5/c1-19-10-2-4-11(5-3-10)20-9-7-15-13(18)12(17)14-6-8-16/h2-5,16H,6-9H2,1H3,(H,14,17)(H,15,18). The summed E-state index contributed by atoms with van der Waals surface area (Å²) in [4.78, 5) is 22.4. The summed E-state index contributed by atoms with van der Waals surface area (Å²) in [5.74, 6) is -0.156. The van der Waals surface area contributed by atoms with Crippen LogP contribution in [0.5, 0.6) is 11.5 Å². The molecule has 0 heterocycles. The summed E-state index contributed by atoms with van der Waals surface area (Å²) in [5.41, 5.74) is 0. The predicted molar refractivity (Wildman–Crippen MR) is 71.6 cm³/mol. The maximum absolute atomic E-state index is 11.3. The van der Waals surface area contributed by atoms with E-state index >= 15 is 0 Å². The lowest BCUT2D eigenvalue weighted by Gasteiger charge is -2.08. The number of ether oxygens (including phenoxy) is 2. The molecule has 7 nitrogen and oxygen atoms in total. The fourth-order valence-corrected chi connectivity index (χ4v) is 1.34. The van der Waals surface area contributed by atoms with Crippen molar-refractivity contribution in [1.82, 2.24) is 10.6 Å². The maximum Gasteiger partial charge on any atom is 0.309 e. The number of carbonyl (C=O) groups excluding carboxylic acids is 2. The first-order chi connectivity index (χ1) is 9.67. The number of nitrogens with one attached hydrogen (secondary N) is 2. The van der Waals surface area contributed by atoms with Crippen molar-refractivity contribution >= 4 is 11.8 Å². The van der Waals surface area contributed by atoms with Crippen molar-refractivity contribution in [3.8, 4) is 11.5 Å². The molecule has 0 bridgehead atoms. The Labute approximate surface area is 116 Å². The molecule has 1 rings (SSSR count). The smallest absolute Gasteiger partial charge is 0.309 e. The minimum atomic E-state index is -0.775. The van der Waals surface area contributed by atoms with Crippen LogP contribution in [0.2, 0.25) is 0 Å². The monoisotopic (exact) mass is 282 g/mol. The molecule has 0 radical (unpaired) electrons. The number of hydrogen-bond acceptors (Lipinski definition) is 5. The van der Waals surface area contributed by atoms with Gasteiger partial charge in [-0.3, -0.25) is 9.59 Å². The van der Waals surface area contributed by atoms with Crippen molar-refractivity contribution in [1.29, 1.82) is 0 Å². The Bertz CT molecular complexity index is 433. The molecule has 0 saturated carbocycles. The van der Waals surface area contributed by atoms with E-state index in [1.807, 2.05) is 0 Å². The van der Waals surface area contributed by atoms with E-state index in [2.05, 4.69) is 10.6 Å². The van der Waals surface area contributed by atoms with Crippen molar-refractivity contribution < 1.29 is 24.2 Å². The second-order valence-electron chi connectivity index (χ2n) is 3.76. The first-order valence-electron chi connectivity index (χ1n) is 6.11. The molecular weight excluding hydrogens is 264 g/mol. The molecule has 0 aromatic heterocycles. The van der Waals surface area contributed by atoms with E-state index in [-0.39, 0.29) is 26.3 Å². The zero-order valence-electron chi connectivity index (χ0n) is 11.2. The second-order valence-corrected chi connectivity index (χ2v) is 3.76. The van der Waals surface area contributed by atoms with Gasteiger partial charge in [0.15, 0.2) is 0 Å². The van der Waals surface area contributed by atoms with E-state index in [1.165, 1.54) is 0 Å². The average molecular weight is 282 g/mol. The maximum atomic E-state index is 11.3. The summed E-state index contributed by atoms with van der Waals surface area (Å²) in [7, 11) is 1.58. The van der Waals surface area contributed by atoms with Gasteiger partial charge in [-0.25, -0.2) is 0 Å². The molecule has 7 heteroatoms. The first kappa shape index (κ1) is 15.8. The van der Waals surface area contributed by atoms with E-state index in [1.54, 1.807) is 31.4 Å². The highest BCUT2D eigenvalue weighted by molar-refractivity contribution is 6.35. The highest BCUT2D eigenvalue weighted by Crippen LogP contribution is 2.16. The highest BCUT2D eigenvalue weighted by atomic mass is 16.5. The zero-order valence-corrected chi connectivity index (χ0v) is 11.2. The van der Waals surface area contributed by atoms with Crippen molar-refractivity contribution in [2.24, 2.45) is 0 Å². The number of benzene rings is 1. The number of aliphatic hydroxyl groups is 1. The van der Waals surface area contributed by atoms with Gasteiger partial charge in [0.1, 0.15) is 18.1 Å². The molecular formula is C13H18N2O5. The lowest BCUT2D eigenvalue weighted by molar-refractivity contribution is -0.139. The summed E-state index contributed by atoms with van der Waals surface area (Å²) in [6.07, 6.45) is 0. The van der Waals surface area contributed by atoms with Crippen LogP contribution in [0.4, 0.5) is 0 Å². The molecule has 0 atom stereocenters. The largest absolute Gasteiger partial charge is 0.497 e. The van der Waals surface area contributed by atoms with Gasteiger partial charge in [-0.15, -0.1) is 0 Å². The van der Waals surface area contributed by atoms with Crippen molar-refractivity contribution in [3.63, 3.8) is 0 Å². The van der Waals surface area contributed by atoms with Crippen molar-refractivity contribution in [2.45, 2.75) is 0 Å². The van der Waals surface area contributed by atoms with Gasteiger partial charge >= 0.3 is 11.8 Å². The molecule has 3 N–H and O–H groups in total. The van der Waals surface area contributed by atoms with E-state index in [4.69, 9.17) is 14.6 Å². The fraction of sp³-hybridized carbons (Fsp3) is 0.385. The number of carbonyl (C=O) groups is 2. The van der Waals surface area contributed by atoms with Gasteiger partial charge in [0.2, 0.25) is 0 Å². The Morgan fingerprint density at radius 2 is 1.60 bits per heavy atom. The lowest BCUT2D eigenvalue weighted by atomic mass is 10.3. The predicted octanol–water partition coefficient (Wildman–Crippen LogP) is -0.701. The van der Waals surface area contributed by atoms with Crippen LogP contribution in [-0.2, 0) is 9.59 Å². The van der Waals surface area contributed by atoms with Crippen LogP contribution in [0, 0.1) is 0 Å². The van der Waals surface area contributed by atoms with Crippen LogP contribution in [-0.4, -0.2) is 50.3 Å². The minimum absolute atomic E-state index is 0.0502. The van der Waals surface area contributed by atoms with E-state index in [9.17, 15) is 9.59 Å². The average Bonchev–Trinajstić information content (AvgIpc) is 2.49. The van der Waals surface area contributed by atoms with Crippen LogP contribution >= 0.6 is 0 Å². The summed E-state index contributed by atoms with van der Waals surface area (Å²) in [6.45, 7) is 0.289. The topological polar surface area (TPSA) is 96.9 Å². The first-order valence-corrected chi connectivity index (χ1v) is 6.11. The SMILES string of the molecule is COc1ccc(OCCNC(=O)C(=O)NCCO)cc1. The van der Waals surface area contributed by atoms with Gasteiger partial charge in [0.25, 0.3) is 0 Å². The molecule has 1 aromatic carbocycles. The van der Waals surface area contributed by atoms with Gasteiger partial charge in [0, 0.05) is 6.54 Å². The number of rotatable bonds is 7. The Morgan fingerprint density at radius 1 is 1.05 bits per heavy atom.